The molecule has 0 radical (unpaired) electrons. The van der Waals surface area contributed by atoms with E-state index >= 15 is 0 Å². The number of para-hydroxylation sites is 1. The van der Waals surface area contributed by atoms with Crippen LogP contribution in [-0.2, 0) is 0 Å². The summed E-state index contributed by atoms with van der Waals surface area (Å²) >= 11 is 0. The van der Waals surface area contributed by atoms with Crippen LogP contribution in [-0.4, -0.2) is 16.7 Å². The first-order valence-electron chi connectivity index (χ1n) is 4.75. The molecule has 1 atom stereocenters. The zero-order valence-electron chi connectivity index (χ0n) is 9.01. The Morgan fingerprint density at radius 1 is 1.27 bits per heavy atom. The van der Waals surface area contributed by atoms with E-state index in [1.165, 1.54) is 18.2 Å². The van der Waals surface area contributed by atoms with Gasteiger partial charge in [-0.05, 0) is 32.9 Å². The SMILES string of the molecule is CC(Nc1c(F)cccc1F)C(C)(C)O. The molecule has 0 amide bonds. The molecule has 1 rings (SSSR count). The van der Waals surface area contributed by atoms with Crippen molar-refractivity contribution in [3.8, 4) is 0 Å². The minimum atomic E-state index is -1.05. The van der Waals surface area contributed by atoms with Crippen LogP contribution in [0.5, 0.6) is 0 Å². The highest BCUT2D eigenvalue weighted by Gasteiger charge is 2.23. The fourth-order valence-corrected chi connectivity index (χ4v) is 1.03. The summed E-state index contributed by atoms with van der Waals surface area (Å²) in [5.41, 5.74) is -1.25. The molecule has 0 saturated heterocycles. The highest BCUT2D eigenvalue weighted by molar-refractivity contribution is 5.47. The molecular weight excluding hydrogens is 200 g/mol. The van der Waals surface area contributed by atoms with Crippen LogP contribution < -0.4 is 5.32 Å². The highest BCUT2D eigenvalue weighted by atomic mass is 19.1. The summed E-state index contributed by atoms with van der Waals surface area (Å²) in [7, 11) is 0. The summed E-state index contributed by atoms with van der Waals surface area (Å²) in [6.07, 6.45) is 0. The molecule has 0 aliphatic rings. The molecule has 1 aromatic carbocycles. The number of nitrogens with one attached hydrogen (secondary N) is 1. The van der Waals surface area contributed by atoms with E-state index < -0.39 is 23.3 Å². The quantitative estimate of drug-likeness (QED) is 0.812. The van der Waals surface area contributed by atoms with E-state index in [-0.39, 0.29) is 5.69 Å². The van der Waals surface area contributed by atoms with Gasteiger partial charge < -0.3 is 10.4 Å². The van der Waals surface area contributed by atoms with Gasteiger partial charge in [-0.25, -0.2) is 8.78 Å². The molecule has 0 bridgehead atoms. The van der Waals surface area contributed by atoms with Crippen molar-refractivity contribution in [2.24, 2.45) is 0 Å². The van der Waals surface area contributed by atoms with E-state index in [0.717, 1.165) is 0 Å². The second-order valence-corrected chi connectivity index (χ2v) is 4.12. The standard InChI is InChI=1S/C11H15F2NO/c1-7(11(2,3)15)14-10-8(12)5-4-6-9(10)13/h4-7,14-15H,1-3H3. The molecule has 1 unspecified atom stereocenters. The molecule has 2 nitrogen and oxygen atoms in total. The predicted octanol–water partition coefficient (Wildman–Crippen LogP) is 2.54. The molecule has 0 heterocycles. The summed E-state index contributed by atoms with van der Waals surface area (Å²) in [6, 6.07) is 3.18. The molecule has 0 spiro atoms. The third kappa shape index (κ3) is 2.89. The van der Waals surface area contributed by atoms with Gasteiger partial charge in [0, 0.05) is 0 Å². The normalized spacial score (nSPS) is 13.7. The Labute approximate surface area is 87.9 Å². The van der Waals surface area contributed by atoms with E-state index in [9.17, 15) is 13.9 Å². The maximum Gasteiger partial charge on any atom is 0.149 e. The van der Waals surface area contributed by atoms with Crippen molar-refractivity contribution in [1.29, 1.82) is 0 Å². The lowest BCUT2D eigenvalue weighted by Gasteiger charge is -2.27. The minimum absolute atomic E-state index is 0.202. The molecule has 0 aromatic heterocycles. The summed E-state index contributed by atoms with van der Waals surface area (Å²) < 4.78 is 26.4. The number of halogens is 2. The molecule has 0 aliphatic carbocycles. The largest absolute Gasteiger partial charge is 0.388 e. The first kappa shape index (κ1) is 11.9. The topological polar surface area (TPSA) is 32.3 Å². The first-order chi connectivity index (χ1) is 6.82. The van der Waals surface area contributed by atoms with Crippen molar-refractivity contribution < 1.29 is 13.9 Å². The van der Waals surface area contributed by atoms with Gasteiger partial charge in [-0.2, -0.15) is 0 Å². The second-order valence-electron chi connectivity index (χ2n) is 4.12. The average molecular weight is 215 g/mol. The van der Waals surface area contributed by atoms with Gasteiger partial charge in [-0.3, -0.25) is 0 Å². The van der Waals surface area contributed by atoms with Crippen molar-refractivity contribution in [3.05, 3.63) is 29.8 Å². The third-order valence-electron chi connectivity index (χ3n) is 2.38. The molecule has 0 fully saturated rings. The Hall–Kier alpha value is -1.16. The number of anilines is 1. The van der Waals surface area contributed by atoms with Crippen LogP contribution >= 0.6 is 0 Å². The van der Waals surface area contributed by atoms with E-state index in [1.807, 2.05) is 0 Å². The molecule has 15 heavy (non-hydrogen) atoms. The summed E-state index contributed by atoms with van der Waals surface area (Å²) in [5.74, 6) is -1.32. The van der Waals surface area contributed by atoms with Crippen molar-refractivity contribution in [2.75, 3.05) is 5.32 Å². The molecule has 84 valence electrons. The number of benzene rings is 1. The maximum absolute atomic E-state index is 13.2. The van der Waals surface area contributed by atoms with E-state index in [4.69, 9.17) is 0 Å². The number of aliphatic hydroxyl groups is 1. The van der Waals surface area contributed by atoms with E-state index in [2.05, 4.69) is 5.32 Å². The monoisotopic (exact) mass is 215 g/mol. The predicted molar refractivity (Wildman–Crippen MR) is 55.7 cm³/mol. The fourth-order valence-electron chi connectivity index (χ4n) is 1.03. The number of hydrogen-bond donors (Lipinski definition) is 2. The zero-order chi connectivity index (χ0) is 11.6. The highest BCUT2D eigenvalue weighted by Crippen LogP contribution is 2.21. The Morgan fingerprint density at radius 2 is 1.73 bits per heavy atom. The lowest BCUT2D eigenvalue weighted by Crippen LogP contribution is -2.39. The van der Waals surface area contributed by atoms with Gasteiger partial charge in [0.1, 0.15) is 17.3 Å². The summed E-state index contributed by atoms with van der Waals surface area (Å²) in [4.78, 5) is 0. The minimum Gasteiger partial charge on any atom is -0.388 e. The summed E-state index contributed by atoms with van der Waals surface area (Å²) in [5, 5.41) is 12.2. The van der Waals surface area contributed by atoms with Gasteiger partial charge in [0.25, 0.3) is 0 Å². The van der Waals surface area contributed by atoms with Crippen LogP contribution in [0.15, 0.2) is 18.2 Å². The van der Waals surface area contributed by atoms with Crippen LogP contribution in [0.3, 0.4) is 0 Å². The van der Waals surface area contributed by atoms with Crippen molar-refractivity contribution in [2.45, 2.75) is 32.4 Å². The summed E-state index contributed by atoms with van der Waals surface area (Å²) in [6.45, 7) is 4.80. The van der Waals surface area contributed by atoms with Gasteiger partial charge in [0.2, 0.25) is 0 Å². The lowest BCUT2D eigenvalue weighted by molar-refractivity contribution is 0.0647. The van der Waals surface area contributed by atoms with Crippen molar-refractivity contribution in [1.82, 2.24) is 0 Å². The Kier molecular flexibility index (Phi) is 3.29. The Bertz CT molecular complexity index is 327. The van der Waals surface area contributed by atoms with Gasteiger partial charge in [-0.15, -0.1) is 0 Å². The molecular formula is C11H15F2NO. The van der Waals surface area contributed by atoms with Crippen LogP contribution in [0.1, 0.15) is 20.8 Å². The Morgan fingerprint density at radius 3 is 2.13 bits per heavy atom. The van der Waals surface area contributed by atoms with Crippen LogP contribution in [0.2, 0.25) is 0 Å². The molecule has 4 heteroatoms. The first-order valence-corrected chi connectivity index (χ1v) is 4.75. The smallest absolute Gasteiger partial charge is 0.149 e. The fraction of sp³-hybridized carbons (Fsp3) is 0.455. The number of rotatable bonds is 3. The van der Waals surface area contributed by atoms with E-state index in [1.54, 1.807) is 20.8 Å². The van der Waals surface area contributed by atoms with Gasteiger partial charge in [0.15, 0.2) is 0 Å². The van der Waals surface area contributed by atoms with Crippen LogP contribution in [0.25, 0.3) is 0 Å². The Balaban J connectivity index is 2.90. The zero-order valence-corrected chi connectivity index (χ0v) is 9.01. The van der Waals surface area contributed by atoms with E-state index in [0.29, 0.717) is 0 Å². The molecule has 0 aliphatic heterocycles. The average Bonchev–Trinajstić information content (AvgIpc) is 2.09. The number of hydrogen-bond acceptors (Lipinski definition) is 2. The maximum atomic E-state index is 13.2. The third-order valence-corrected chi connectivity index (χ3v) is 2.38. The van der Waals surface area contributed by atoms with Crippen LogP contribution in [0.4, 0.5) is 14.5 Å². The molecule has 1 aromatic rings. The van der Waals surface area contributed by atoms with Gasteiger partial charge in [0.05, 0.1) is 11.6 Å². The molecule has 0 saturated carbocycles. The second kappa shape index (κ2) is 4.14. The van der Waals surface area contributed by atoms with Crippen LogP contribution in [0, 0.1) is 11.6 Å². The van der Waals surface area contributed by atoms with Crippen molar-refractivity contribution >= 4 is 5.69 Å². The van der Waals surface area contributed by atoms with Gasteiger partial charge >= 0.3 is 0 Å². The van der Waals surface area contributed by atoms with Gasteiger partial charge in [-0.1, -0.05) is 6.07 Å². The van der Waals surface area contributed by atoms with Crippen molar-refractivity contribution in [3.63, 3.8) is 0 Å². The molecule has 2 N–H and O–H groups in total. The lowest BCUT2D eigenvalue weighted by atomic mass is 10.0.